The summed E-state index contributed by atoms with van der Waals surface area (Å²) in [4.78, 5) is 15.9. The van der Waals surface area contributed by atoms with Crippen molar-refractivity contribution in [3.63, 3.8) is 0 Å². The molecule has 2 aromatic heterocycles. The number of carbonyl (C=O) groups is 1. The Balaban J connectivity index is 1.78. The van der Waals surface area contributed by atoms with Crippen molar-refractivity contribution in [1.82, 2.24) is 19.9 Å². The van der Waals surface area contributed by atoms with Gasteiger partial charge in [-0.15, -0.1) is 21.5 Å². The summed E-state index contributed by atoms with van der Waals surface area (Å²) in [6, 6.07) is 0.107. The molecule has 42 heavy (non-hydrogen) atoms. The Bertz CT molecular complexity index is 1580. The summed E-state index contributed by atoms with van der Waals surface area (Å²) in [5.41, 5.74) is -1.46. The number of aliphatic carboxylic acids is 1. The largest absolute Gasteiger partial charge is 0.481 e. The van der Waals surface area contributed by atoms with Crippen molar-refractivity contribution in [2.24, 2.45) is 11.3 Å². The molecule has 0 spiro atoms. The van der Waals surface area contributed by atoms with Gasteiger partial charge < -0.3 is 9.52 Å². The first kappa shape index (κ1) is 32.3. The van der Waals surface area contributed by atoms with Crippen LogP contribution in [-0.4, -0.2) is 48.6 Å². The molecule has 8 nitrogen and oxygen atoms in total. The summed E-state index contributed by atoms with van der Waals surface area (Å²) in [5.74, 6) is 2.57. The molecule has 1 aliphatic carbocycles. The van der Waals surface area contributed by atoms with Crippen molar-refractivity contribution >= 4 is 44.5 Å². The maximum atomic E-state index is 14.5. The maximum Gasteiger partial charge on any atom is 0.404 e. The highest BCUT2D eigenvalue weighted by Gasteiger charge is 2.38. The van der Waals surface area contributed by atoms with E-state index in [4.69, 9.17) is 16.0 Å². The number of nitrogens with zero attached hydrogens (tertiary/aromatic N) is 3. The van der Waals surface area contributed by atoms with Gasteiger partial charge in [-0.25, -0.2) is 22.7 Å². The first-order valence-corrected chi connectivity index (χ1v) is 15.7. The molecule has 0 saturated heterocycles. The number of halogens is 6. The van der Waals surface area contributed by atoms with Crippen molar-refractivity contribution in [1.29, 1.82) is 0 Å². The van der Waals surface area contributed by atoms with Crippen molar-refractivity contribution in [2.45, 2.75) is 76.4 Å². The lowest BCUT2D eigenvalue weighted by molar-refractivity contribution is -0.147. The molecule has 0 radical (unpaired) electrons. The van der Waals surface area contributed by atoms with Crippen LogP contribution in [0.1, 0.15) is 63.6 Å². The van der Waals surface area contributed by atoms with E-state index in [-0.39, 0.29) is 34.7 Å². The third-order valence-corrected chi connectivity index (χ3v) is 10.5. The van der Waals surface area contributed by atoms with Crippen LogP contribution in [0, 0.1) is 11.3 Å². The normalized spacial score (nSPS) is 16.8. The minimum Gasteiger partial charge on any atom is -0.481 e. The predicted molar refractivity (Wildman–Crippen MR) is 149 cm³/mol. The zero-order valence-electron chi connectivity index (χ0n) is 22.7. The Morgan fingerprint density at radius 3 is 2.50 bits per heavy atom. The van der Waals surface area contributed by atoms with E-state index in [2.05, 4.69) is 21.1 Å². The van der Waals surface area contributed by atoms with Gasteiger partial charge >= 0.3 is 12.1 Å². The number of rotatable bonds is 11. The standard InChI is InChI=1S/C26H28ClF5N4O4S2/c1-12(26(30,31)32)36-42(4,39)16-9-8-14(18(19(16)27)21(28)29)20-15(10-13-6-5-7-13)33-23(41-20)22-35-34-17(40-22)11-25(2,3)24(37)38/h8-9,12-13,21H,4-7,10-11H2,1-3H3,(H,36,39)(H,37,38)/t12-,42?/m0/s1. The van der Waals surface area contributed by atoms with Crippen LogP contribution >= 0.6 is 22.9 Å². The smallest absolute Gasteiger partial charge is 0.404 e. The molecule has 1 unspecified atom stereocenters. The summed E-state index contributed by atoms with van der Waals surface area (Å²) in [7, 11) is -3.93. The van der Waals surface area contributed by atoms with Crippen LogP contribution in [0.15, 0.2) is 21.4 Å². The summed E-state index contributed by atoms with van der Waals surface area (Å²) in [5, 5.41) is 16.8. The predicted octanol–water partition coefficient (Wildman–Crippen LogP) is 6.98. The van der Waals surface area contributed by atoms with E-state index in [1.165, 1.54) is 19.9 Å². The molecule has 4 rings (SSSR count). The SMILES string of the molecule is C=S(=O)(N[C@@H](C)C(F)(F)F)c1ccc(-c2sc(-c3nnc(CC(C)(C)C(=O)O)o3)nc2CC2CCC2)c(C(F)F)c1Cl. The average Bonchev–Trinajstić information content (AvgIpc) is 3.46. The molecule has 1 fully saturated rings. The number of carboxylic acids is 1. The number of hydrogen-bond donors (Lipinski definition) is 2. The van der Waals surface area contributed by atoms with Gasteiger partial charge in [0.2, 0.25) is 5.89 Å². The number of alkyl halides is 5. The van der Waals surface area contributed by atoms with Crippen LogP contribution in [0.3, 0.4) is 0 Å². The molecule has 2 heterocycles. The summed E-state index contributed by atoms with van der Waals surface area (Å²) < 4.78 is 89.1. The highest BCUT2D eigenvalue weighted by atomic mass is 35.5. The highest BCUT2D eigenvalue weighted by molar-refractivity contribution is 7.98. The third kappa shape index (κ3) is 6.79. The van der Waals surface area contributed by atoms with Gasteiger partial charge in [-0.1, -0.05) is 36.9 Å². The fourth-order valence-corrected chi connectivity index (χ4v) is 7.48. The Labute approximate surface area is 247 Å². The quantitative estimate of drug-likeness (QED) is 0.169. The van der Waals surface area contributed by atoms with E-state index in [9.17, 15) is 36.1 Å². The Morgan fingerprint density at radius 2 is 1.95 bits per heavy atom. The third-order valence-electron chi connectivity index (χ3n) is 7.05. The van der Waals surface area contributed by atoms with Gasteiger partial charge in [0.05, 0.1) is 35.6 Å². The van der Waals surface area contributed by atoms with Crippen LogP contribution in [0.4, 0.5) is 22.0 Å². The highest BCUT2D eigenvalue weighted by Crippen LogP contribution is 2.46. The Kier molecular flexibility index (Phi) is 9.08. The molecular weight excluding hydrogens is 627 g/mol. The molecule has 230 valence electrons. The first-order chi connectivity index (χ1) is 19.4. The van der Waals surface area contributed by atoms with E-state index in [1.807, 2.05) is 4.72 Å². The molecule has 1 aliphatic rings. The van der Waals surface area contributed by atoms with E-state index in [1.54, 1.807) is 0 Å². The Hall–Kier alpha value is -2.62. The summed E-state index contributed by atoms with van der Waals surface area (Å²) >= 11 is 7.31. The van der Waals surface area contributed by atoms with Gasteiger partial charge in [0, 0.05) is 17.5 Å². The number of carboxylic acid groups (broad SMARTS) is 1. The van der Waals surface area contributed by atoms with E-state index in [0.717, 1.165) is 43.6 Å². The molecule has 0 bridgehead atoms. The lowest BCUT2D eigenvalue weighted by Crippen LogP contribution is -2.43. The monoisotopic (exact) mass is 654 g/mol. The molecule has 1 aromatic carbocycles. The summed E-state index contributed by atoms with van der Waals surface area (Å²) in [6.07, 6.45) is -4.67. The van der Waals surface area contributed by atoms with Crippen LogP contribution in [0.2, 0.25) is 5.02 Å². The van der Waals surface area contributed by atoms with Gasteiger partial charge in [-0.3, -0.25) is 4.79 Å². The van der Waals surface area contributed by atoms with Crippen LogP contribution < -0.4 is 4.72 Å². The molecule has 16 heteroatoms. The fourth-order valence-electron chi connectivity index (χ4n) is 4.28. The number of benzene rings is 1. The van der Waals surface area contributed by atoms with Gasteiger partial charge in [0.25, 0.3) is 12.3 Å². The zero-order valence-corrected chi connectivity index (χ0v) is 25.1. The van der Waals surface area contributed by atoms with Crippen LogP contribution in [0.5, 0.6) is 0 Å². The van der Waals surface area contributed by atoms with Gasteiger partial charge in [0.1, 0.15) is 6.04 Å². The van der Waals surface area contributed by atoms with Gasteiger partial charge in [-0.05, 0) is 45.0 Å². The summed E-state index contributed by atoms with van der Waals surface area (Å²) in [6.45, 7) is 3.73. The minimum atomic E-state index is -4.76. The second kappa shape index (κ2) is 11.8. The first-order valence-electron chi connectivity index (χ1n) is 12.8. The van der Waals surface area contributed by atoms with Crippen molar-refractivity contribution < 1.29 is 40.5 Å². The molecule has 2 atom stereocenters. The molecular formula is C26H28ClF5N4O4S2. The Morgan fingerprint density at radius 1 is 1.29 bits per heavy atom. The topological polar surface area (TPSA) is 118 Å². The second-order valence-corrected chi connectivity index (χ2v) is 14.3. The van der Waals surface area contributed by atoms with E-state index >= 15 is 0 Å². The van der Waals surface area contributed by atoms with Gasteiger partial charge in [-0.2, -0.15) is 13.2 Å². The maximum absolute atomic E-state index is 14.5. The molecule has 2 N–H and O–H groups in total. The second-order valence-electron chi connectivity index (χ2n) is 10.9. The molecule has 0 amide bonds. The average molecular weight is 655 g/mol. The minimum absolute atomic E-state index is 0.0234. The lowest BCUT2D eigenvalue weighted by Gasteiger charge is -2.25. The van der Waals surface area contributed by atoms with Crippen molar-refractivity contribution in [2.75, 3.05) is 0 Å². The number of nitrogens with one attached hydrogen (secondary N) is 1. The van der Waals surface area contributed by atoms with E-state index < -0.39 is 55.2 Å². The number of thiazole rings is 1. The molecule has 0 aliphatic heterocycles. The van der Waals surface area contributed by atoms with Crippen LogP contribution in [0.25, 0.3) is 21.3 Å². The number of hydrogen-bond acceptors (Lipinski definition) is 7. The zero-order chi connectivity index (χ0) is 31.2. The van der Waals surface area contributed by atoms with Crippen molar-refractivity contribution in [3.8, 4) is 21.3 Å². The fraction of sp³-hybridized carbons (Fsp3) is 0.500. The number of aromatic nitrogens is 3. The van der Waals surface area contributed by atoms with Crippen molar-refractivity contribution in [3.05, 3.63) is 34.3 Å². The molecule has 1 saturated carbocycles. The van der Waals surface area contributed by atoms with Crippen LogP contribution in [-0.2, 0) is 27.3 Å². The molecule has 3 aromatic rings. The van der Waals surface area contributed by atoms with E-state index in [0.29, 0.717) is 17.0 Å². The lowest BCUT2D eigenvalue weighted by atomic mass is 9.81. The van der Waals surface area contributed by atoms with Gasteiger partial charge in [0.15, 0.2) is 5.01 Å².